The van der Waals surface area contributed by atoms with E-state index in [1.54, 1.807) is 31.4 Å². The normalized spacial score (nSPS) is 10.7. The second-order valence-electron chi connectivity index (χ2n) is 4.51. The van der Waals surface area contributed by atoms with Crippen LogP contribution in [-0.2, 0) is 0 Å². The van der Waals surface area contributed by atoms with E-state index in [0.717, 1.165) is 0 Å². The maximum atomic E-state index is 12.1. The van der Waals surface area contributed by atoms with Crippen molar-refractivity contribution in [2.75, 3.05) is 7.11 Å². The number of ether oxygens (including phenoxy) is 1. The number of aromatic hydroxyl groups is 2. The van der Waals surface area contributed by atoms with Crippen LogP contribution >= 0.6 is 0 Å². The second-order valence-corrected chi connectivity index (χ2v) is 4.51. The highest BCUT2D eigenvalue weighted by Gasteiger charge is 2.13. The maximum absolute atomic E-state index is 12.1. The molecule has 0 amide bonds. The number of hydrogen-bond donors (Lipinski definition) is 2. The molecule has 2 aromatic carbocycles. The molecule has 0 saturated carbocycles. The van der Waals surface area contributed by atoms with Gasteiger partial charge in [0.25, 0.3) is 0 Å². The topological polar surface area (TPSA) is 79.9 Å². The molecule has 0 atom stereocenters. The summed E-state index contributed by atoms with van der Waals surface area (Å²) in [5.41, 5.74) is 0.336. The predicted molar refractivity (Wildman–Crippen MR) is 77.8 cm³/mol. The van der Waals surface area contributed by atoms with Crippen molar-refractivity contribution in [3.63, 3.8) is 0 Å². The third-order valence-corrected chi connectivity index (χ3v) is 3.22. The number of rotatable bonds is 2. The fourth-order valence-electron chi connectivity index (χ4n) is 2.09. The fraction of sp³-hybridized carbons (Fsp3) is 0.0625. The Labute approximate surface area is 119 Å². The van der Waals surface area contributed by atoms with Crippen molar-refractivity contribution in [1.82, 2.24) is 0 Å². The molecule has 3 rings (SSSR count). The zero-order valence-electron chi connectivity index (χ0n) is 11.2. The van der Waals surface area contributed by atoms with E-state index in [-0.39, 0.29) is 22.1 Å². The number of fused-ring (bicyclic) bond motifs is 1. The van der Waals surface area contributed by atoms with Gasteiger partial charge in [0, 0.05) is 11.6 Å². The van der Waals surface area contributed by atoms with Gasteiger partial charge in [-0.15, -0.1) is 0 Å². The third-order valence-electron chi connectivity index (χ3n) is 3.22. The zero-order valence-corrected chi connectivity index (χ0v) is 11.2. The van der Waals surface area contributed by atoms with E-state index in [1.165, 1.54) is 18.2 Å². The van der Waals surface area contributed by atoms with Crippen molar-refractivity contribution in [3.8, 4) is 28.6 Å². The predicted octanol–water partition coefficient (Wildman–Crippen LogP) is 2.88. The standard InChI is InChI=1S/C16H12O5/c1-20-10-4-2-9(3-5-10)14-8-13(18)11-6-7-12(17)15(19)16(11)21-14/h2-8,17,19H,1H3. The Morgan fingerprint density at radius 3 is 2.43 bits per heavy atom. The van der Waals surface area contributed by atoms with E-state index >= 15 is 0 Å². The molecule has 1 heterocycles. The van der Waals surface area contributed by atoms with Gasteiger partial charge in [-0.05, 0) is 36.4 Å². The minimum Gasteiger partial charge on any atom is -0.504 e. The van der Waals surface area contributed by atoms with Crippen molar-refractivity contribution in [2.45, 2.75) is 0 Å². The number of benzene rings is 2. The van der Waals surface area contributed by atoms with Crippen LogP contribution in [0.4, 0.5) is 0 Å². The average molecular weight is 284 g/mol. The number of phenolic OH excluding ortho intramolecular Hbond substituents is 2. The Morgan fingerprint density at radius 1 is 1.05 bits per heavy atom. The van der Waals surface area contributed by atoms with Crippen LogP contribution in [0.2, 0.25) is 0 Å². The molecule has 106 valence electrons. The molecule has 0 aliphatic rings. The zero-order chi connectivity index (χ0) is 15.0. The molecule has 0 aliphatic heterocycles. The van der Waals surface area contributed by atoms with Crippen LogP contribution in [0.3, 0.4) is 0 Å². The van der Waals surface area contributed by atoms with Crippen LogP contribution < -0.4 is 10.2 Å². The molecule has 0 spiro atoms. The molecule has 3 aromatic rings. The lowest BCUT2D eigenvalue weighted by Crippen LogP contribution is -2.00. The smallest absolute Gasteiger partial charge is 0.201 e. The van der Waals surface area contributed by atoms with Crippen molar-refractivity contribution in [2.24, 2.45) is 0 Å². The largest absolute Gasteiger partial charge is 0.504 e. The Morgan fingerprint density at radius 2 is 1.76 bits per heavy atom. The first-order valence-electron chi connectivity index (χ1n) is 6.23. The van der Waals surface area contributed by atoms with Gasteiger partial charge in [-0.1, -0.05) is 0 Å². The molecule has 5 heteroatoms. The molecular weight excluding hydrogens is 272 g/mol. The highest BCUT2D eigenvalue weighted by Crippen LogP contribution is 2.34. The summed E-state index contributed by atoms with van der Waals surface area (Å²) in [6.07, 6.45) is 0. The van der Waals surface area contributed by atoms with E-state index in [4.69, 9.17) is 9.15 Å². The number of hydrogen-bond acceptors (Lipinski definition) is 5. The van der Waals surface area contributed by atoms with Gasteiger partial charge in [0.05, 0.1) is 12.5 Å². The quantitative estimate of drug-likeness (QED) is 0.707. The van der Waals surface area contributed by atoms with Gasteiger partial charge in [-0.3, -0.25) is 4.79 Å². The highest BCUT2D eigenvalue weighted by atomic mass is 16.5. The Balaban J connectivity index is 2.23. The summed E-state index contributed by atoms with van der Waals surface area (Å²) in [5, 5.41) is 19.6. The highest BCUT2D eigenvalue weighted by molar-refractivity contribution is 5.86. The summed E-state index contributed by atoms with van der Waals surface area (Å²) < 4.78 is 10.6. The molecule has 5 nitrogen and oxygen atoms in total. The third kappa shape index (κ3) is 2.18. The second kappa shape index (κ2) is 4.86. The molecule has 21 heavy (non-hydrogen) atoms. The van der Waals surface area contributed by atoms with E-state index in [1.807, 2.05) is 0 Å². The minimum atomic E-state index is -0.444. The molecule has 0 unspecified atom stereocenters. The fourth-order valence-corrected chi connectivity index (χ4v) is 2.09. The monoisotopic (exact) mass is 284 g/mol. The van der Waals surface area contributed by atoms with E-state index in [0.29, 0.717) is 17.1 Å². The summed E-state index contributed by atoms with van der Waals surface area (Å²) in [6.45, 7) is 0. The van der Waals surface area contributed by atoms with Crippen LogP contribution in [0.15, 0.2) is 51.7 Å². The van der Waals surface area contributed by atoms with Crippen LogP contribution in [0, 0.1) is 0 Å². The average Bonchev–Trinajstić information content (AvgIpc) is 2.51. The molecule has 0 fully saturated rings. The molecule has 1 aromatic heterocycles. The van der Waals surface area contributed by atoms with Crippen molar-refractivity contribution >= 4 is 11.0 Å². The maximum Gasteiger partial charge on any atom is 0.201 e. The van der Waals surface area contributed by atoms with Gasteiger partial charge in [0.15, 0.2) is 16.8 Å². The first-order valence-corrected chi connectivity index (χ1v) is 6.23. The van der Waals surface area contributed by atoms with Gasteiger partial charge in [0.2, 0.25) is 5.75 Å². The molecule has 0 radical (unpaired) electrons. The minimum absolute atomic E-state index is 0.0340. The van der Waals surface area contributed by atoms with Gasteiger partial charge in [-0.2, -0.15) is 0 Å². The summed E-state index contributed by atoms with van der Waals surface area (Å²) in [4.78, 5) is 12.1. The van der Waals surface area contributed by atoms with Crippen molar-refractivity contribution in [1.29, 1.82) is 0 Å². The van der Waals surface area contributed by atoms with Gasteiger partial charge < -0.3 is 19.4 Å². The summed E-state index contributed by atoms with van der Waals surface area (Å²) in [7, 11) is 1.56. The summed E-state index contributed by atoms with van der Waals surface area (Å²) in [5.74, 6) is 0.205. The Hall–Kier alpha value is -2.95. The van der Waals surface area contributed by atoms with Crippen LogP contribution in [0.1, 0.15) is 0 Å². The first-order chi connectivity index (χ1) is 10.1. The lowest BCUT2D eigenvalue weighted by Gasteiger charge is -2.06. The lowest BCUT2D eigenvalue weighted by molar-refractivity contribution is 0.400. The Bertz CT molecular complexity index is 862. The number of phenols is 2. The van der Waals surface area contributed by atoms with Gasteiger partial charge in [-0.25, -0.2) is 0 Å². The van der Waals surface area contributed by atoms with Crippen molar-refractivity contribution < 1.29 is 19.4 Å². The lowest BCUT2D eigenvalue weighted by atomic mass is 10.1. The van der Waals surface area contributed by atoms with Crippen LogP contribution in [0.5, 0.6) is 17.2 Å². The van der Waals surface area contributed by atoms with Gasteiger partial charge >= 0.3 is 0 Å². The van der Waals surface area contributed by atoms with Crippen LogP contribution in [0.25, 0.3) is 22.3 Å². The number of methoxy groups -OCH3 is 1. The van der Waals surface area contributed by atoms with E-state index in [2.05, 4.69) is 0 Å². The van der Waals surface area contributed by atoms with Gasteiger partial charge in [0.1, 0.15) is 11.5 Å². The van der Waals surface area contributed by atoms with Crippen LogP contribution in [-0.4, -0.2) is 17.3 Å². The molecule has 0 bridgehead atoms. The SMILES string of the molecule is COc1ccc(-c2cc(=O)c3ccc(O)c(O)c3o2)cc1. The summed E-state index contributed by atoms with van der Waals surface area (Å²) >= 11 is 0. The van der Waals surface area contributed by atoms with E-state index in [9.17, 15) is 15.0 Å². The van der Waals surface area contributed by atoms with Crippen molar-refractivity contribution in [3.05, 3.63) is 52.7 Å². The molecule has 0 saturated heterocycles. The molecular formula is C16H12O5. The van der Waals surface area contributed by atoms with E-state index < -0.39 is 5.75 Å². The first kappa shape index (κ1) is 13.1. The Kier molecular flexibility index (Phi) is 3.02. The summed E-state index contributed by atoms with van der Waals surface area (Å²) in [6, 6.07) is 11.0. The molecule has 2 N–H and O–H groups in total. The molecule has 0 aliphatic carbocycles.